The van der Waals surface area contributed by atoms with Crippen molar-refractivity contribution >= 4 is 31.6 Å². The van der Waals surface area contributed by atoms with E-state index in [2.05, 4.69) is 15.9 Å². The van der Waals surface area contributed by atoms with Crippen molar-refractivity contribution in [2.24, 2.45) is 11.8 Å². The van der Waals surface area contributed by atoms with Gasteiger partial charge >= 0.3 is 0 Å². The van der Waals surface area contributed by atoms with Crippen LogP contribution in [-0.2, 0) is 9.84 Å². The molecule has 0 spiro atoms. The van der Waals surface area contributed by atoms with Gasteiger partial charge in [0.15, 0.2) is 15.6 Å². The van der Waals surface area contributed by atoms with Crippen LogP contribution in [0.2, 0.25) is 0 Å². The van der Waals surface area contributed by atoms with Crippen molar-refractivity contribution in [1.82, 2.24) is 0 Å². The number of Topliss-reactive ketones (excluding diaryl/α,β-unsaturated/α-hetero) is 1. The molecular weight excluding hydrogens is 388 g/mol. The summed E-state index contributed by atoms with van der Waals surface area (Å²) in [5.74, 6) is -0.999. The number of halogens is 1. The summed E-state index contributed by atoms with van der Waals surface area (Å²) in [6, 6.07) is 13.9. The molecule has 128 valence electrons. The molecule has 0 fully saturated rings. The second-order valence-corrected chi connectivity index (χ2v) is 9.18. The smallest absolute Gasteiger partial charge is 0.179 e. The second kappa shape index (κ2) is 7.62. The quantitative estimate of drug-likeness (QED) is 0.651. The summed E-state index contributed by atoms with van der Waals surface area (Å²) < 4.78 is 26.1. The number of carbonyl (C=O) groups is 1. The molecule has 2 rings (SSSR count). The van der Waals surface area contributed by atoms with E-state index in [9.17, 15) is 13.2 Å². The van der Waals surface area contributed by atoms with Crippen LogP contribution in [0.25, 0.3) is 0 Å². The predicted octanol–water partition coefficient (Wildman–Crippen LogP) is 4.69. The number of sulfone groups is 1. The Balaban J connectivity index is 2.33. The molecule has 0 saturated heterocycles. The van der Waals surface area contributed by atoms with Gasteiger partial charge in [0, 0.05) is 16.0 Å². The number of ketones is 1. The Morgan fingerprint density at radius 1 is 1.04 bits per heavy atom. The molecule has 2 aromatic carbocycles. The van der Waals surface area contributed by atoms with Crippen LogP contribution in [0.5, 0.6) is 0 Å². The van der Waals surface area contributed by atoms with Crippen molar-refractivity contribution in [2.45, 2.75) is 25.7 Å². The molecule has 0 aliphatic heterocycles. The van der Waals surface area contributed by atoms with E-state index in [-0.39, 0.29) is 22.3 Å². The molecule has 5 heteroatoms. The number of hydrogen-bond acceptors (Lipinski definition) is 3. The van der Waals surface area contributed by atoms with Gasteiger partial charge in [-0.2, -0.15) is 0 Å². The summed E-state index contributed by atoms with van der Waals surface area (Å²) in [4.78, 5) is 13.1. The zero-order chi connectivity index (χ0) is 17.9. The second-order valence-electron chi connectivity index (χ2n) is 6.29. The van der Waals surface area contributed by atoms with Crippen molar-refractivity contribution < 1.29 is 13.2 Å². The maximum atomic E-state index is 12.9. The SMILES string of the molecule is Cc1ccc(S(=O)(=O)CC(C(=O)c2ccccc2Br)C(C)C)cc1. The number of carbonyl (C=O) groups excluding carboxylic acids is 1. The highest BCUT2D eigenvalue weighted by molar-refractivity contribution is 9.10. The lowest BCUT2D eigenvalue weighted by Crippen LogP contribution is -2.29. The first kappa shape index (κ1) is 18.9. The van der Waals surface area contributed by atoms with Gasteiger partial charge in [-0.05, 0) is 31.0 Å². The van der Waals surface area contributed by atoms with Crippen LogP contribution in [0.4, 0.5) is 0 Å². The zero-order valence-electron chi connectivity index (χ0n) is 14.0. The first-order valence-electron chi connectivity index (χ1n) is 7.80. The maximum absolute atomic E-state index is 12.9. The van der Waals surface area contributed by atoms with Crippen molar-refractivity contribution in [3.63, 3.8) is 0 Å². The van der Waals surface area contributed by atoms with Gasteiger partial charge in [-0.15, -0.1) is 0 Å². The molecule has 0 heterocycles. The molecule has 0 aliphatic rings. The molecule has 0 aromatic heterocycles. The van der Waals surface area contributed by atoms with E-state index in [1.54, 1.807) is 42.5 Å². The van der Waals surface area contributed by atoms with Crippen LogP contribution in [0.15, 0.2) is 57.9 Å². The monoisotopic (exact) mass is 408 g/mol. The molecule has 1 atom stereocenters. The third kappa shape index (κ3) is 4.33. The van der Waals surface area contributed by atoms with Crippen molar-refractivity contribution in [3.8, 4) is 0 Å². The lowest BCUT2D eigenvalue weighted by molar-refractivity contribution is 0.0901. The minimum absolute atomic E-state index is 0.0789. The fourth-order valence-corrected chi connectivity index (χ4v) is 4.74. The van der Waals surface area contributed by atoms with Crippen LogP contribution in [0.1, 0.15) is 29.8 Å². The summed E-state index contributed by atoms with van der Waals surface area (Å²) >= 11 is 3.38. The molecule has 1 unspecified atom stereocenters. The Hall–Kier alpha value is -1.46. The largest absolute Gasteiger partial charge is 0.294 e. The summed E-state index contributed by atoms with van der Waals surface area (Å²) in [6.07, 6.45) is 0. The third-order valence-corrected chi connectivity index (χ3v) is 6.54. The molecule has 0 N–H and O–H groups in total. The van der Waals surface area contributed by atoms with Gasteiger partial charge in [0.2, 0.25) is 0 Å². The minimum atomic E-state index is -3.52. The first-order valence-corrected chi connectivity index (χ1v) is 10.2. The van der Waals surface area contributed by atoms with E-state index in [1.807, 2.05) is 26.8 Å². The van der Waals surface area contributed by atoms with E-state index in [0.29, 0.717) is 10.0 Å². The van der Waals surface area contributed by atoms with Gasteiger partial charge in [-0.1, -0.05) is 65.7 Å². The Labute approximate surface area is 152 Å². The van der Waals surface area contributed by atoms with Crippen molar-refractivity contribution in [2.75, 3.05) is 5.75 Å². The highest BCUT2D eigenvalue weighted by Crippen LogP contribution is 2.26. The van der Waals surface area contributed by atoms with Crippen LogP contribution < -0.4 is 0 Å². The van der Waals surface area contributed by atoms with E-state index in [1.165, 1.54) is 0 Å². The Kier molecular flexibility index (Phi) is 5.99. The highest BCUT2D eigenvalue weighted by Gasteiger charge is 2.30. The molecular formula is C19H21BrO3S. The number of rotatable bonds is 6. The van der Waals surface area contributed by atoms with E-state index >= 15 is 0 Å². The zero-order valence-corrected chi connectivity index (χ0v) is 16.4. The molecule has 2 aromatic rings. The van der Waals surface area contributed by atoms with Gasteiger partial charge in [0.05, 0.1) is 10.6 Å². The Morgan fingerprint density at radius 3 is 2.17 bits per heavy atom. The lowest BCUT2D eigenvalue weighted by atomic mass is 9.89. The fourth-order valence-electron chi connectivity index (χ4n) is 2.51. The summed E-state index contributed by atoms with van der Waals surface area (Å²) in [5, 5.41) is 0. The molecule has 0 radical (unpaired) electrons. The van der Waals surface area contributed by atoms with Crippen molar-refractivity contribution in [3.05, 3.63) is 64.1 Å². The lowest BCUT2D eigenvalue weighted by Gasteiger charge is -2.20. The van der Waals surface area contributed by atoms with Crippen LogP contribution >= 0.6 is 15.9 Å². The number of aryl methyl sites for hydroxylation is 1. The van der Waals surface area contributed by atoms with Crippen molar-refractivity contribution in [1.29, 1.82) is 0 Å². The minimum Gasteiger partial charge on any atom is -0.294 e. The molecule has 0 bridgehead atoms. The Morgan fingerprint density at radius 2 is 1.62 bits per heavy atom. The normalized spacial score (nSPS) is 13.0. The molecule has 24 heavy (non-hydrogen) atoms. The maximum Gasteiger partial charge on any atom is 0.179 e. The van der Waals surface area contributed by atoms with E-state index < -0.39 is 15.8 Å². The summed E-state index contributed by atoms with van der Waals surface area (Å²) in [7, 11) is -3.52. The average Bonchev–Trinajstić information content (AvgIpc) is 2.52. The van der Waals surface area contributed by atoms with Gasteiger partial charge in [-0.25, -0.2) is 8.42 Å². The topological polar surface area (TPSA) is 51.2 Å². The summed E-state index contributed by atoms with van der Waals surface area (Å²) in [5.41, 5.74) is 1.52. The Bertz CT molecular complexity index is 824. The van der Waals surface area contributed by atoms with Gasteiger partial charge in [0.1, 0.15) is 0 Å². The summed E-state index contributed by atoms with van der Waals surface area (Å²) in [6.45, 7) is 5.66. The number of hydrogen-bond donors (Lipinski definition) is 0. The van der Waals surface area contributed by atoms with Gasteiger partial charge in [-0.3, -0.25) is 4.79 Å². The van der Waals surface area contributed by atoms with Crippen LogP contribution in [0, 0.1) is 18.8 Å². The number of benzene rings is 2. The average molecular weight is 409 g/mol. The highest BCUT2D eigenvalue weighted by atomic mass is 79.9. The van der Waals surface area contributed by atoms with E-state index in [4.69, 9.17) is 0 Å². The van der Waals surface area contributed by atoms with Crippen LogP contribution in [-0.4, -0.2) is 20.0 Å². The fraction of sp³-hybridized carbons (Fsp3) is 0.316. The molecule has 0 saturated carbocycles. The molecule has 3 nitrogen and oxygen atoms in total. The van der Waals surface area contributed by atoms with Gasteiger partial charge in [0.25, 0.3) is 0 Å². The third-order valence-electron chi connectivity index (χ3n) is 4.06. The first-order chi connectivity index (χ1) is 11.2. The van der Waals surface area contributed by atoms with Gasteiger partial charge < -0.3 is 0 Å². The standard InChI is InChI=1S/C19H21BrO3S/c1-13(2)17(19(21)16-6-4-5-7-18(16)20)12-24(22,23)15-10-8-14(3)9-11-15/h4-11,13,17H,12H2,1-3H3. The van der Waals surface area contributed by atoms with E-state index in [0.717, 1.165) is 5.56 Å². The van der Waals surface area contributed by atoms with Crippen LogP contribution in [0.3, 0.4) is 0 Å². The molecule has 0 aliphatic carbocycles. The predicted molar refractivity (Wildman–Crippen MR) is 100 cm³/mol. The molecule has 0 amide bonds.